The second kappa shape index (κ2) is 8.27. The fourth-order valence-electron chi connectivity index (χ4n) is 2.28. The summed E-state index contributed by atoms with van der Waals surface area (Å²) in [4.78, 5) is 12.4. The minimum atomic E-state index is -0.145. The summed E-state index contributed by atoms with van der Waals surface area (Å²) in [7, 11) is 0. The van der Waals surface area contributed by atoms with E-state index in [-0.39, 0.29) is 11.9 Å². The van der Waals surface area contributed by atoms with E-state index in [2.05, 4.69) is 5.32 Å². The number of carbonyl (C=O) groups is 1. The summed E-state index contributed by atoms with van der Waals surface area (Å²) in [6.45, 7) is 6.81. The van der Waals surface area contributed by atoms with E-state index in [9.17, 15) is 4.79 Å². The standard InChI is InChI=1S/C18H23NO4/c1-4-21-16-9-8-14(12-17(16)22-5-2)18(20)19-13(3)11-15-7-6-10-23-15/h6-10,12-13H,4-5,11H2,1-3H3,(H,19,20). The van der Waals surface area contributed by atoms with E-state index >= 15 is 0 Å². The van der Waals surface area contributed by atoms with Gasteiger partial charge in [0.25, 0.3) is 5.91 Å². The fraction of sp³-hybridized carbons (Fsp3) is 0.389. The fourth-order valence-corrected chi connectivity index (χ4v) is 2.28. The molecule has 0 saturated carbocycles. The predicted octanol–water partition coefficient (Wildman–Crippen LogP) is 3.44. The minimum Gasteiger partial charge on any atom is -0.490 e. The van der Waals surface area contributed by atoms with E-state index in [1.807, 2.05) is 32.9 Å². The summed E-state index contributed by atoms with van der Waals surface area (Å²) < 4.78 is 16.4. The van der Waals surface area contributed by atoms with Crippen LogP contribution in [0.4, 0.5) is 0 Å². The van der Waals surface area contributed by atoms with Gasteiger partial charge in [0.2, 0.25) is 0 Å². The normalized spacial score (nSPS) is 11.8. The summed E-state index contributed by atoms with van der Waals surface area (Å²) in [5.41, 5.74) is 0.545. The predicted molar refractivity (Wildman–Crippen MR) is 88.1 cm³/mol. The highest BCUT2D eigenvalue weighted by molar-refractivity contribution is 5.95. The van der Waals surface area contributed by atoms with Crippen LogP contribution in [0, 0.1) is 0 Å². The first kappa shape index (κ1) is 16.9. The largest absolute Gasteiger partial charge is 0.490 e. The molecule has 1 unspecified atom stereocenters. The van der Waals surface area contributed by atoms with Crippen LogP contribution in [0.15, 0.2) is 41.0 Å². The van der Waals surface area contributed by atoms with Gasteiger partial charge in [-0.25, -0.2) is 0 Å². The Hall–Kier alpha value is -2.43. The van der Waals surface area contributed by atoms with Gasteiger partial charge in [0.1, 0.15) is 5.76 Å². The lowest BCUT2D eigenvalue weighted by Gasteiger charge is -2.15. The van der Waals surface area contributed by atoms with Gasteiger partial charge in [-0.05, 0) is 51.1 Å². The molecule has 0 aliphatic rings. The number of hydrogen-bond acceptors (Lipinski definition) is 4. The Morgan fingerprint density at radius 1 is 1.17 bits per heavy atom. The number of ether oxygens (including phenoxy) is 2. The summed E-state index contributed by atoms with van der Waals surface area (Å²) >= 11 is 0. The molecule has 124 valence electrons. The van der Waals surface area contributed by atoms with Crippen LogP contribution in [0.25, 0.3) is 0 Å². The third-order valence-electron chi connectivity index (χ3n) is 3.27. The van der Waals surface area contributed by atoms with E-state index in [1.54, 1.807) is 24.5 Å². The van der Waals surface area contributed by atoms with Crippen molar-refractivity contribution in [1.29, 1.82) is 0 Å². The van der Waals surface area contributed by atoms with Crippen LogP contribution in [0.1, 0.15) is 36.9 Å². The Kier molecular flexibility index (Phi) is 6.09. The molecule has 0 bridgehead atoms. The van der Waals surface area contributed by atoms with E-state index in [1.165, 1.54) is 0 Å². The topological polar surface area (TPSA) is 60.7 Å². The highest BCUT2D eigenvalue weighted by Crippen LogP contribution is 2.28. The Labute approximate surface area is 136 Å². The van der Waals surface area contributed by atoms with Crippen LogP contribution in [0.3, 0.4) is 0 Å². The van der Waals surface area contributed by atoms with Crippen molar-refractivity contribution in [1.82, 2.24) is 5.32 Å². The molecule has 0 saturated heterocycles. The lowest BCUT2D eigenvalue weighted by Crippen LogP contribution is -2.34. The van der Waals surface area contributed by atoms with Crippen molar-refractivity contribution in [3.05, 3.63) is 47.9 Å². The van der Waals surface area contributed by atoms with Crippen molar-refractivity contribution in [2.45, 2.75) is 33.2 Å². The Morgan fingerprint density at radius 2 is 1.91 bits per heavy atom. The molecule has 0 spiro atoms. The molecule has 1 aromatic carbocycles. The van der Waals surface area contributed by atoms with Gasteiger partial charge in [-0.3, -0.25) is 4.79 Å². The first-order valence-electron chi connectivity index (χ1n) is 7.86. The molecule has 5 heteroatoms. The minimum absolute atomic E-state index is 0.0317. The van der Waals surface area contributed by atoms with Gasteiger partial charge in [-0.1, -0.05) is 0 Å². The van der Waals surface area contributed by atoms with Crippen LogP contribution in [0.5, 0.6) is 11.5 Å². The number of rotatable bonds is 8. The molecule has 1 aromatic heterocycles. The summed E-state index contributed by atoms with van der Waals surface area (Å²) in [5.74, 6) is 1.93. The molecule has 0 aliphatic carbocycles. The van der Waals surface area contributed by atoms with Gasteiger partial charge >= 0.3 is 0 Å². The maximum absolute atomic E-state index is 12.4. The van der Waals surface area contributed by atoms with Crippen LogP contribution in [0.2, 0.25) is 0 Å². The molecule has 0 radical (unpaired) electrons. The summed E-state index contributed by atoms with van der Waals surface area (Å²) in [5, 5.41) is 2.96. The van der Waals surface area contributed by atoms with Crippen LogP contribution < -0.4 is 14.8 Å². The second-order valence-corrected chi connectivity index (χ2v) is 5.19. The lowest BCUT2D eigenvalue weighted by molar-refractivity contribution is 0.0938. The molecular weight excluding hydrogens is 294 g/mol. The lowest BCUT2D eigenvalue weighted by atomic mass is 10.1. The third-order valence-corrected chi connectivity index (χ3v) is 3.27. The number of carbonyl (C=O) groups excluding carboxylic acids is 1. The molecule has 23 heavy (non-hydrogen) atoms. The van der Waals surface area contributed by atoms with Crippen molar-refractivity contribution in [2.24, 2.45) is 0 Å². The molecule has 1 atom stereocenters. The maximum Gasteiger partial charge on any atom is 0.251 e. The zero-order valence-corrected chi connectivity index (χ0v) is 13.8. The van der Waals surface area contributed by atoms with Gasteiger partial charge in [-0.2, -0.15) is 0 Å². The molecular formula is C18H23NO4. The third kappa shape index (κ3) is 4.77. The van der Waals surface area contributed by atoms with Crippen molar-refractivity contribution in [3.8, 4) is 11.5 Å². The molecule has 1 heterocycles. The Bertz CT molecular complexity index is 622. The molecule has 0 aliphatic heterocycles. The van der Waals surface area contributed by atoms with Crippen LogP contribution in [-0.4, -0.2) is 25.2 Å². The number of nitrogens with one attached hydrogen (secondary N) is 1. The Morgan fingerprint density at radius 3 is 2.57 bits per heavy atom. The molecule has 2 aromatic rings. The molecule has 0 fully saturated rings. The number of amides is 1. The SMILES string of the molecule is CCOc1ccc(C(=O)NC(C)Cc2ccco2)cc1OCC. The average Bonchev–Trinajstić information content (AvgIpc) is 3.02. The molecule has 1 amide bonds. The van der Waals surface area contributed by atoms with E-state index in [0.29, 0.717) is 36.7 Å². The monoisotopic (exact) mass is 317 g/mol. The van der Waals surface area contributed by atoms with Crippen molar-refractivity contribution >= 4 is 5.91 Å². The first-order valence-corrected chi connectivity index (χ1v) is 7.86. The molecule has 5 nitrogen and oxygen atoms in total. The van der Waals surface area contributed by atoms with Gasteiger partial charge < -0.3 is 19.2 Å². The van der Waals surface area contributed by atoms with Crippen LogP contribution in [-0.2, 0) is 6.42 Å². The van der Waals surface area contributed by atoms with E-state index < -0.39 is 0 Å². The highest BCUT2D eigenvalue weighted by Gasteiger charge is 2.14. The van der Waals surface area contributed by atoms with Crippen LogP contribution >= 0.6 is 0 Å². The highest BCUT2D eigenvalue weighted by atomic mass is 16.5. The number of furan rings is 1. The molecule has 1 N–H and O–H groups in total. The quantitative estimate of drug-likeness (QED) is 0.810. The van der Waals surface area contributed by atoms with Crippen molar-refractivity contribution in [3.63, 3.8) is 0 Å². The second-order valence-electron chi connectivity index (χ2n) is 5.19. The molecule has 2 rings (SSSR count). The summed E-state index contributed by atoms with van der Waals surface area (Å²) in [6.07, 6.45) is 2.28. The van der Waals surface area contributed by atoms with Crippen molar-refractivity contribution in [2.75, 3.05) is 13.2 Å². The number of benzene rings is 1. The number of hydrogen-bond donors (Lipinski definition) is 1. The zero-order chi connectivity index (χ0) is 16.7. The van der Waals surface area contributed by atoms with Gasteiger partial charge in [0.15, 0.2) is 11.5 Å². The maximum atomic E-state index is 12.4. The zero-order valence-electron chi connectivity index (χ0n) is 13.8. The van der Waals surface area contributed by atoms with Gasteiger partial charge in [0, 0.05) is 18.0 Å². The van der Waals surface area contributed by atoms with E-state index in [4.69, 9.17) is 13.9 Å². The van der Waals surface area contributed by atoms with E-state index in [0.717, 1.165) is 5.76 Å². The van der Waals surface area contributed by atoms with Gasteiger partial charge in [-0.15, -0.1) is 0 Å². The Balaban J connectivity index is 2.04. The summed E-state index contributed by atoms with van der Waals surface area (Å²) in [6, 6.07) is 8.92. The first-order chi connectivity index (χ1) is 11.1. The van der Waals surface area contributed by atoms with Gasteiger partial charge in [0.05, 0.1) is 19.5 Å². The van der Waals surface area contributed by atoms with Crippen molar-refractivity contribution < 1.29 is 18.7 Å². The average molecular weight is 317 g/mol. The smallest absolute Gasteiger partial charge is 0.251 e.